The van der Waals surface area contributed by atoms with Crippen molar-refractivity contribution in [2.24, 2.45) is 0 Å². The summed E-state index contributed by atoms with van der Waals surface area (Å²) in [5.41, 5.74) is 5.27. The summed E-state index contributed by atoms with van der Waals surface area (Å²) in [6.07, 6.45) is 5.09. The molecule has 4 aromatic rings. The van der Waals surface area contributed by atoms with Crippen LogP contribution in [0.15, 0.2) is 83.5 Å². The van der Waals surface area contributed by atoms with Crippen LogP contribution in [0.1, 0.15) is 27.8 Å². The van der Waals surface area contributed by atoms with Gasteiger partial charge in [-0.15, -0.1) is 0 Å². The number of hydrogen-bond donors (Lipinski definition) is 1. The average Bonchev–Trinajstić information content (AvgIpc) is 3.21. The number of carbonyl (C=O) groups is 1. The van der Waals surface area contributed by atoms with Crippen LogP contribution >= 0.6 is 15.9 Å². The summed E-state index contributed by atoms with van der Waals surface area (Å²) in [6.45, 7) is 5.06. The van der Waals surface area contributed by atoms with Crippen molar-refractivity contribution in [3.05, 3.63) is 111 Å². The first-order valence-corrected chi connectivity index (χ1v) is 12.3. The van der Waals surface area contributed by atoms with Crippen LogP contribution in [-0.2, 0) is 17.9 Å². The van der Waals surface area contributed by atoms with Crippen LogP contribution in [0, 0.1) is 13.8 Å². The van der Waals surface area contributed by atoms with Crippen molar-refractivity contribution in [2.45, 2.75) is 27.0 Å². The molecule has 0 unspecified atom stereocenters. The minimum atomic E-state index is -0.274. The molecule has 0 aliphatic rings. The Morgan fingerprint density at radius 3 is 2.42 bits per heavy atom. The Bertz CT molecular complexity index is 1360. The molecule has 6 nitrogen and oxygen atoms in total. The molecule has 3 aromatic carbocycles. The molecule has 0 saturated heterocycles. The second kappa shape index (κ2) is 11.7. The number of halogens is 1. The highest BCUT2D eigenvalue weighted by Gasteiger charge is 2.10. The van der Waals surface area contributed by atoms with E-state index in [1.807, 2.05) is 55.6 Å². The SMILES string of the molecule is COc1ccc(/C=C/C(=O)Nc2nn(Cc3ccc(C)cc3)cc2Br)cc1COc1ccc(C)cc1. The smallest absolute Gasteiger partial charge is 0.249 e. The fraction of sp³-hybridized carbons (Fsp3) is 0.172. The van der Waals surface area contributed by atoms with E-state index in [1.165, 1.54) is 17.2 Å². The Hall–Kier alpha value is -3.84. The van der Waals surface area contributed by atoms with Gasteiger partial charge in [0.1, 0.15) is 18.1 Å². The number of methoxy groups -OCH3 is 1. The maximum Gasteiger partial charge on any atom is 0.249 e. The molecule has 184 valence electrons. The Morgan fingerprint density at radius 2 is 1.72 bits per heavy atom. The van der Waals surface area contributed by atoms with Gasteiger partial charge in [-0.25, -0.2) is 0 Å². The van der Waals surface area contributed by atoms with Crippen LogP contribution in [0.5, 0.6) is 11.5 Å². The molecule has 1 amide bonds. The molecule has 36 heavy (non-hydrogen) atoms. The number of nitrogens with one attached hydrogen (secondary N) is 1. The van der Waals surface area contributed by atoms with E-state index in [2.05, 4.69) is 57.5 Å². The van der Waals surface area contributed by atoms with Crippen LogP contribution < -0.4 is 14.8 Å². The molecule has 0 fully saturated rings. The first-order chi connectivity index (χ1) is 17.4. The monoisotopic (exact) mass is 545 g/mol. The topological polar surface area (TPSA) is 65.4 Å². The Morgan fingerprint density at radius 1 is 1.03 bits per heavy atom. The molecule has 1 heterocycles. The lowest BCUT2D eigenvalue weighted by Gasteiger charge is -2.11. The molecule has 0 atom stereocenters. The van der Waals surface area contributed by atoms with Gasteiger partial charge in [0.05, 0.1) is 18.1 Å². The highest BCUT2D eigenvalue weighted by molar-refractivity contribution is 9.10. The third kappa shape index (κ3) is 6.86. The number of carbonyl (C=O) groups excluding carboxylic acids is 1. The van der Waals surface area contributed by atoms with Gasteiger partial charge in [0.25, 0.3) is 0 Å². The normalized spacial score (nSPS) is 11.0. The first-order valence-electron chi connectivity index (χ1n) is 11.5. The quantitative estimate of drug-likeness (QED) is 0.242. The maximum absolute atomic E-state index is 12.6. The summed E-state index contributed by atoms with van der Waals surface area (Å²) >= 11 is 3.48. The van der Waals surface area contributed by atoms with Crippen molar-refractivity contribution in [3.63, 3.8) is 0 Å². The van der Waals surface area contributed by atoms with E-state index in [0.29, 0.717) is 19.0 Å². The van der Waals surface area contributed by atoms with E-state index >= 15 is 0 Å². The lowest BCUT2D eigenvalue weighted by Crippen LogP contribution is -2.09. The molecular formula is C29H28BrN3O3. The number of anilines is 1. The van der Waals surface area contributed by atoms with E-state index in [4.69, 9.17) is 9.47 Å². The zero-order valence-electron chi connectivity index (χ0n) is 20.5. The minimum absolute atomic E-state index is 0.274. The molecular weight excluding hydrogens is 518 g/mol. The van der Waals surface area contributed by atoms with Crippen molar-refractivity contribution in [1.82, 2.24) is 9.78 Å². The fourth-order valence-corrected chi connectivity index (χ4v) is 4.00. The summed E-state index contributed by atoms with van der Waals surface area (Å²) in [6, 6.07) is 21.9. The van der Waals surface area contributed by atoms with E-state index in [0.717, 1.165) is 32.7 Å². The van der Waals surface area contributed by atoms with Crippen LogP contribution in [0.2, 0.25) is 0 Å². The molecule has 1 aromatic heterocycles. The second-order valence-electron chi connectivity index (χ2n) is 8.50. The fourth-order valence-electron chi connectivity index (χ4n) is 3.58. The molecule has 0 saturated carbocycles. The number of hydrogen-bond acceptors (Lipinski definition) is 4. The predicted molar refractivity (Wildman–Crippen MR) is 146 cm³/mol. The summed E-state index contributed by atoms with van der Waals surface area (Å²) in [5, 5.41) is 7.32. The molecule has 7 heteroatoms. The highest BCUT2D eigenvalue weighted by atomic mass is 79.9. The Labute approximate surface area is 219 Å². The van der Waals surface area contributed by atoms with Gasteiger partial charge >= 0.3 is 0 Å². The van der Waals surface area contributed by atoms with Crippen LogP contribution in [0.25, 0.3) is 6.08 Å². The number of amides is 1. The van der Waals surface area contributed by atoms with Gasteiger partial charge in [-0.3, -0.25) is 9.48 Å². The largest absolute Gasteiger partial charge is 0.496 e. The average molecular weight is 546 g/mol. The highest BCUT2D eigenvalue weighted by Crippen LogP contribution is 2.24. The van der Waals surface area contributed by atoms with Crippen LogP contribution in [0.3, 0.4) is 0 Å². The van der Waals surface area contributed by atoms with E-state index in [1.54, 1.807) is 17.9 Å². The predicted octanol–water partition coefficient (Wildman–Crippen LogP) is 6.55. The Balaban J connectivity index is 1.39. The van der Waals surface area contributed by atoms with Crippen molar-refractivity contribution >= 4 is 33.7 Å². The maximum atomic E-state index is 12.6. The molecule has 0 bridgehead atoms. The van der Waals surface area contributed by atoms with Gasteiger partial charge in [-0.2, -0.15) is 5.10 Å². The number of aryl methyl sites for hydroxylation is 2. The third-order valence-corrected chi connectivity index (χ3v) is 6.15. The molecule has 1 N–H and O–H groups in total. The van der Waals surface area contributed by atoms with Crippen molar-refractivity contribution in [3.8, 4) is 11.5 Å². The summed E-state index contributed by atoms with van der Waals surface area (Å²) in [7, 11) is 1.63. The molecule has 0 aliphatic heterocycles. The number of rotatable bonds is 9. The van der Waals surface area contributed by atoms with E-state index in [-0.39, 0.29) is 5.91 Å². The van der Waals surface area contributed by atoms with Crippen molar-refractivity contribution in [1.29, 1.82) is 0 Å². The minimum Gasteiger partial charge on any atom is -0.496 e. The molecule has 0 spiro atoms. The van der Waals surface area contributed by atoms with Crippen LogP contribution in [-0.4, -0.2) is 22.8 Å². The number of benzene rings is 3. The van der Waals surface area contributed by atoms with Crippen molar-refractivity contribution in [2.75, 3.05) is 12.4 Å². The van der Waals surface area contributed by atoms with Crippen molar-refractivity contribution < 1.29 is 14.3 Å². The standard InChI is InChI=1S/C29H28BrN3O3/c1-20-4-8-23(9-5-20)17-33-18-26(30)29(32-33)31-28(34)15-11-22-10-14-27(35-3)24(16-22)19-36-25-12-6-21(2)7-13-25/h4-16,18H,17,19H2,1-3H3,(H,31,32,34)/b15-11+. The lowest BCUT2D eigenvalue weighted by atomic mass is 10.1. The van der Waals surface area contributed by atoms with E-state index in [9.17, 15) is 4.79 Å². The number of aromatic nitrogens is 2. The molecule has 0 aliphatic carbocycles. The summed E-state index contributed by atoms with van der Waals surface area (Å²) in [5.74, 6) is 1.71. The summed E-state index contributed by atoms with van der Waals surface area (Å²) in [4.78, 5) is 12.6. The second-order valence-corrected chi connectivity index (χ2v) is 9.36. The number of ether oxygens (including phenoxy) is 2. The first kappa shape index (κ1) is 25.3. The summed E-state index contributed by atoms with van der Waals surface area (Å²) < 4.78 is 13.9. The van der Waals surface area contributed by atoms with E-state index < -0.39 is 0 Å². The molecule has 0 radical (unpaired) electrons. The zero-order chi connectivity index (χ0) is 25.5. The van der Waals surface area contributed by atoms with Crippen LogP contribution in [0.4, 0.5) is 5.82 Å². The van der Waals surface area contributed by atoms with Gasteiger partial charge in [-0.1, -0.05) is 53.6 Å². The lowest BCUT2D eigenvalue weighted by molar-refractivity contribution is -0.111. The third-order valence-electron chi connectivity index (χ3n) is 5.57. The number of nitrogens with zero attached hydrogens (tertiary/aromatic N) is 2. The zero-order valence-corrected chi connectivity index (χ0v) is 22.1. The van der Waals surface area contributed by atoms with Gasteiger partial charge in [0.15, 0.2) is 5.82 Å². The van der Waals surface area contributed by atoms with Gasteiger partial charge < -0.3 is 14.8 Å². The van der Waals surface area contributed by atoms with Gasteiger partial charge in [-0.05, 0) is 71.2 Å². The van der Waals surface area contributed by atoms with Gasteiger partial charge in [0, 0.05) is 17.8 Å². The molecule has 4 rings (SSSR count). The van der Waals surface area contributed by atoms with Gasteiger partial charge in [0.2, 0.25) is 5.91 Å². The Kier molecular flexibility index (Phi) is 8.23.